The molecule has 2 heterocycles. The van der Waals surface area contributed by atoms with Crippen molar-refractivity contribution in [1.82, 2.24) is 9.88 Å². The molecule has 1 atom stereocenters. The van der Waals surface area contributed by atoms with Gasteiger partial charge in [0.15, 0.2) is 18.1 Å². The first kappa shape index (κ1) is 16.9. The lowest BCUT2D eigenvalue weighted by Crippen LogP contribution is -2.30. The fourth-order valence-corrected chi connectivity index (χ4v) is 3.11. The largest absolute Gasteiger partial charge is 0.482 e. The van der Waals surface area contributed by atoms with Crippen LogP contribution in [0.25, 0.3) is 0 Å². The molecule has 8 heteroatoms. The molecule has 22 heavy (non-hydrogen) atoms. The van der Waals surface area contributed by atoms with E-state index in [1.54, 1.807) is 16.7 Å². The van der Waals surface area contributed by atoms with E-state index in [0.717, 1.165) is 12.2 Å². The maximum absolute atomic E-state index is 12.4. The van der Waals surface area contributed by atoms with E-state index in [1.807, 2.05) is 6.26 Å². The number of ether oxygens (including phenoxy) is 1. The van der Waals surface area contributed by atoms with E-state index in [2.05, 4.69) is 4.98 Å². The molecule has 1 unspecified atom stereocenters. The van der Waals surface area contributed by atoms with Crippen molar-refractivity contribution in [1.29, 1.82) is 0 Å². The Labute approximate surface area is 131 Å². The summed E-state index contributed by atoms with van der Waals surface area (Å²) in [6.07, 6.45) is -0.166. The summed E-state index contributed by atoms with van der Waals surface area (Å²) in [5.74, 6) is 0.880. The predicted molar refractivity (Wildman–Crippen MR) is 78.2 cm³/mol. The summed E-state index contributed by atoms with van der Waals surface area (Å²) < 4.78 is 41.5. The molecule has 2 rings (SSSR count). The van der Waals surface area contributed by atoms with Crippen LogP contribution >= 0.6 is 11.8 Å². The number of likely N-dealkylation sites (tertiary alicyclic amines) is 1. The molecule has 1 aliphatic rings. The van der Waals surface area contributed by atoms with Crippen LogP contribution < -0.4 is 4.74 Å². The molecule has 1 aliphatic heterocycles. The number of halogens is 3. The minimum Gasteiger partial charge on any atom is -0.482 e. The van der Waals surface area contributed by atoms with Crippen LogP contribution in [0.15, 0.2) is 18.3 Å². The number of pyridine rings is 1. The number of alkyl halides is 3. The van der Waals surface area contributed by atoms with Gasteiger partial charge in [0.05, 0.1) is 0 Å². The Morgan fingerprint density at radius 3 is 3.00 bits per heavy atom. The zero-order valence-corrected chi connectivity index (χ0v) is 12.9. The summed E-state index contributed by atoms with van der Waals surface area (Å²) in [4.78, 5) is 18.0. The summed E-state index contributed by atoms with van der Waals surface area (Å²) in [5.41, 5.74) is -0.0587. The van der Waals surface area contributed by atoms with Crippen LogP contribution in [0.5, 0.6) is 5.75 Å². The molecule has 122 valence electrons. The molecule has 1 aromatic heterocycles. The third-order valence-corrected chi connectivity index (χ3v) is 4.14. The Balaban J connectivity index is 2.07. The van der Waals surface area contributed by atoms with Gasteiger partial charge in [-0.15, -0.1) is 0 Å². The van der Waals surface area contributed by atoms with Gasteiger partial charge in [0.2, 0.25) is 0 Å². The zero-order chi connectivity index (χ0) is 16.2. The summed E-state index contributed by atoms with van der Waals surface area (Å²) >= 11 is 1.72. The smallest absolute Gasteiger partial charge is 0.422 e. The van der Waals surface area contributed by atoms with Crippen molar-refractivity contribution in [3.05, 3.63) is 24.0 Å². The van der Waals surface area contributed by atoms with E-state index in [0.29, 0.717) is 19.0 Å². The zero-order valence-electron chi connectivity index (χ0n) is 12.1. The lowest BCUT2D eigenvalue weighted by molar-refractivity contribution is -0.153. The summed E-state index contributed by atoms with van der Waals surface area (Å²) in [6, 6.07) is 2.78. The van der Waals surface area contributed by atoms with Crippen molar-refractivity contribution in [2.45, 2.75) is 12.6 Å². The van der Waals surface area contributed by atoms with Gasteiger partial charge in [0.25, 0.3) is 5.91 Å². The molecule has 1 saturated heterocycles. The predicted octanol–water partition coefficient (Wildman–Crippen LogP) is 2.85. The van der Waals surface area contributed by atoms with Crippen molar-refractivity contribution >= 4 is 17.7 Å². The molecule has 4 nitrogen and oxygen atoms in total. The lowest BCUT2D eigenvalue weighted by atomic mass is 10.2. The second-order valence-corrected chi connectivity index (χ2v) is 6.03. The Kier molecular flexibility index (Phi) is 5.55. The van der Waals surface area contributed by atoms with Crippen molar-refractivity contribution in [3.63, 3.8) is 0 Å². The average molecular weight is 334 g/mol. The third kappa shape index (κ3) is 4.53. The quantitative estimate of drug-likeness (QED) is 0.830. The number of amides is 1. The van der Waals surface area contributed by atoms with E-state index >= 15 is 0 Å². The van der Waals surface area contributed by atoms with Crippen LogP contribution in [0.3, 0.4) is 0 Å². The molecule has 0 aromatic carbocycles. The van der Waals surface area contributed by atoms with Gasteiger partial charge >= 0.3 is 6.18 Å². The minimum absolute atomic E-state index is 0.0587. The lowest BCUT2D eigenvalue weighted by Gasteiger charge is -2.18. The summed E-state index contributed by atoms with van der Waals surface area (Å²) in [5, 5.41) is 0. The number of carbonyl (C=O) groups excluding carboxylic acids is 1. The third-order valence-electron chi connectivity index (χ3n) is 3.34. The maximum Gasteiger partial charge on any atom is 0.422 e. The monoisotopic (exact) mass is 334 g/mol. The highest BCUT2D eigenvalue weighted by molar-refractivity contribution is 7.98. The standard InChI is InChI=1S/C14H17F3N2O2S/c1-22-8-10-4-6-19(7-10)13(20)12-11(3-2-5-18-12)21-9-14(15,16)17/h2-3,5,10H,4,6-9H2,1H3. The number of aromatic nitrogens is 1. The maximum atomic E-state index is 12.4. The number of hydrogen-bond donors (Lipinski definition) is 0. The number of hydrogen-bond acceptors (Lipinski definition) is 4. The average Bonchev–Trinajstić information content (AvgIpc) is 2.93. The fraction of sp³-hybridized carbons (Fsp3) is 0.571. The van der Waals surface area contributed by atoms with Gasteiger partial charge in [-0.1, -0.05) is 0 Å². The SMILES string of the molecule is CSCC1CCN(C(=O)c2ncccc2OCC(F)(F)F)C1. The van der Waals surface area contributed by atoms with Gasteiger partial charge in [0, 0.05) is 19.3 Å². The number of carbonyl (C=O) groups is 1. The molecule has 0 N–H and O–H groups in total. The van der Waals surface area contributed by atoms with Crippen molar-refractivity contribution in [3.8, 4) is 5.75 Å². The first-order chi connectivity index (χ1) is 10.4. The minimum atomic E-state index is -4.45. The Hall–Kier alpha value is -1.44. The highest BCUT2D eigenvalue weighted by Gasteiger charge is 2.31. The molecule has 1 fully saturated rings. The molecule has 1 aromatic rings. The normalized spacial score (nSPS) is 18.5. The fourth-order valence-electron chi connectivity index (χ4n) is 2.37. The van der Waals surface area contributed by atoms with Crippen LogP contribution in [0, 0.1) is 5.92 Å². The van der Waals surface area contributed by atoms with Crippen LogP contribution in [0.1, 0.15) is 16.9 Å². The number of rotatable bonds is 5. The first-order valence-corrected chi connectivity index (χ1v) is 8.23. The summed E-state index contributed by atoms with van der Waals surface area (Å²) in [7, 11) is 0. The van der Waals surface area contributed by atoms with Crippen LogP contribution in [-0.2, 0) is 0 Å². The van der Waals surface area contributed by atoms with Gasteiger partial charge in [-0.05, 0) is 36.5 Å². The number of nitrogens with zero attached hydrogens (tertiary/aromatic N) is 2. The molecule has 0 aliphatic carbocycles. The Morgan fingerprint density at radius 2 is 2.32 bits per heavy atom. The molecule has 0 bridgehead atoms. The van der Waals surface area contributed by atoms with E-state index in [9.17, 15) is 18.0 Å². The second kappa shape index (κ2) is 7.21. The number of thioether (sulfide) groups is 1. The van der Waals surface area contributed by atoms with E-state index < -0.39 is 12.8 Å². The van der Waals surface area contributed by atoms with E-state index in [-0.39, 0.29) is 17.4 Å². The van der Waals surface area contributed by atoms with E-state index in [1.165, 1.54) is 18.3 Å². The van der Waals surface area contributed by atoms with Gasteiger partial charge < -0.3 is 9.64 Å². The topological polar surface area (TPSA) is 42.4 Å². The van der Waals surface area contributed by atoms with Crippen molar-refractivity contribution in [2.75, 3.05) is 31.7 Å². The van der Waals surface area contributed by atoms with Gasteiger partial charge in [-0.2, -0.15) is 24.9 Å². The molecule has 0 radical (unpaired) electrons. The van der Waals surface area contributed by atoms with Crippen LogP contribution in [-0.4, -0.2) is 53.7 Å². The van der Waals surface area contributed by atoms with Gasteiger partial charge in [-0.25, -0.2) is 4.98 Å². The molecular weight excluding hydrogens is 317 g/mol. The highest BCUT2D eigenvalue weighted by atomic mass is 32.2. The molecular formula is C14H17F3N2O2S. The van der Waals surface area contributed by atoms with Gasteiger partial charge in [0.1, 0.15) is 0 Å². The Morgan fingerprint density at radius 1 is 1.55 bits per heavy atom. The van der Waals surface area contributed by atoms with Crippen LogP contribution in [0.2, 0.25) is 0 Å². The van der Waals surface area contributed by atoms with E-state index in [4.69, 9.17) is 4.74 Å². The molecule has 0 saturated carbocycles. The Bertz CT molecular complexity index is 525. The van der Waals surface area contributed by atoms with Crippen LogP contribution in [0.4, 0.5) is 13.2 Å². The van der Waals surface area contributed by atoms with Crippen molar-refractivity contribution < 1.29 is 22.7 Å². The summed E-state index contributed by atoms with van der Waals surface area (Å²) in [6.45, 7) is -0.234. The first-order valence-electron chi connectivity index (χ1n) is 6.83. The van der Waals surface area contributed by atoms with Crippen molar-refractivity contribution in [2.24, 2.45) is 5.92 Å². The van der Waals surface area contributed by atoms with Gasteiger partial charge in [-0.3, -0.25) is 4.79 Å². The molecule has 1 amide bonds. The molecule has 0 spiro atoms. The second-order valence-electron chi connectivity index (χ2n) is 5.12. The highest BCUT2D eigenvalue weighted by Crippen LogP contribution is 2.25.